The summed E-state index contributed by atoms with van der Waals surface area (Å²) in [6.45, 7) is 0.198. The number of halogens is 1. The largest absolute Gasteiger partial charge is 0.321 e. The van der Waals surface area contributed by atoms with Crippen LogP contribution in [0.15, 0.2) is 54.6 Å². The lowest BCUT2D eigenvalue weighted by Crippen LogP contribution is -2.31. The Labute approximate surface area is 116 Å². The molecule has 20 heavy (non-hydrogen) atoms. The SMILES string of the molecule is N#CCN(Cc1ccccc1)C(=O)c1ccccc1F. The van der Waals surface area contributed by atoms with E-state index in [-0.39, 0.29) is 18.7 Å². The van der Waals surface area contributed by atoms with Crippen molar-refractivity contribution >= 4 is 5.91 Å². The molecule has 1 amide bonds. The Hall–Kier alpha value is -2.67. The van der Waals surface area contributed by atoms with Crippen LogP contribution < -0.4 is 0 Å². The number of amides is 1. The normalized spacial score (nSPS) is 9.80. The summed E-state index contributed by atoms with van der Waals surface area (Å²) < 4.78 is 13.6. The first-order chi connectivity index (χ1) is 9.72. The van der Waals surface area contributed by atoms with Gasteiger partial charge < -0.3 is 4.90 Å². The van der Waals surface area contributed by atoms with Crippen molar-refractivity contribution in [1.29, 1.82) is 5.26 Å². The summed E-state index contributed by atoms with van der Waals surface area (Å²) in [5, 5.41) is 8.84. The van der Waals surface area contributed by atoms with Gasteiger partial charge in [0.2, 0.25) is 0 Å². The Morgan fingerprint density at radius 2 is 1.75 bits per heavy atom. The van der Waals surface area contributed by atoms with Gasteiger partial charge in [-0.1, -0.05) is 42.5 Å². The molecule has 0 unspecified atom stereocenters. The zero-order valence-corrected chi connectivity index (χ0v) is 10.8. The summed E-state index contributed by atoms with van der Waals surface area (Å²) in [6, 6.07) is 17.0. The second-order valence-electron chi connectivity index (χ2n) is 4.28. The van der Waals surface area contributed by atoms with Crippen LogP contribution in [-0.4, -0.2) is 17.4 Å². The Morgan fingerprint density at radius 3 is 2.40 bits per heavy atom. The number of nitrogens with zero attached hydrogens (tertiary/aromatic N) is 2. The van der Waals surface area contributed by atoms with Crippen LogP contribution in [-0.2, 0) is 6.54 Å². The molecular formula is C16H13FN2O. The zero-order valence-electron chi connectivity index (χ0n) is 10.8. The minimum Gasteiger partial charge on any atom is -0.321 e. The third-order valence-corrected chi connectivity index (χ3v) is 2.87. The summed E-state index contributed by atoms with van der Waals surface area (Å²) in [4.78, 5) is 13.6. The van der Waals surface area contributed by atoms with E-state index in [2.05, 4.69) is 0 Å². The number of rotatable bonds is 4. The van der Waals surface area contributed by atoms with Gasteiger partial charge in [0.25, 0.3) is 5.91 Å². The summed E-state index contributed by atoms with van der Waals surface area (Å²) >= 11 is 0. The van der Waals surface area contributed by atoms with E-state index >= 15 is 0 Å². The molecule has 0 N–H and O–H groups in total. The van der Waals surface area contributed by atoms with Gasteiger partial charge in [-0.3, -0.25) is 4.79 Å². The molecular weight excluding hydrogens is 255 g/mol. The monoisotopic (exact) mass is 268 g/mol. The van der Waals surface area contributed by atoms with Crippen molar-refractivity contribution in [3.8, 4) is 6.07 Å². The van der Waals surface area contributed by atoms with Crippen molar-refractivity contribution in [3.63, 3.8) is 0 Å². The average Bonchev–Trinajstić information content (AvgIpc) is 2.48. The van der Waals surface area contributed by atoms with Crippen LogP contribution in [0.25, 0.3) is 0 Å². The number of benzene rings is 2. The first-order valence-corrected chi connectivity index (χ1v) is 6.17. The molecule has 0 atom stereocenters. The van der Waals surface area contributed by atoms with Crippen LogP contribution in [0.3, 0.4) is 0 Å². The molecule has 100 valence electrons. The second-order valence-corrected chi connectivity index (χ2v) is 4.28. The van der Waals surface area contributed by atoms with Crippen molar-refractivity contribution in [3.05, 3.63) is 71.5 Å². The highest BCUT2D eigenvalue weighted by atomic mass is 19.1. The lowest BCUT2D eigenvalue weighted by molar-refractivity contribution is 0.0760. The van der Waals surface area contributed by atoms with Crippen LogP contribution >= 0.6 is 0 Å². The van der Waals surface area contributed by atoms with Gasteiger partial charge in [0, 0.05) is 6.54 Å². The first-order valence-electron chi connectivity index (χ1n) is 6.17. The fourth-order valence-corrected chi connectivity index (χ4v) is 1.89. The van der Waals surface area contributed by atoms with E-state index in [4.69, 9.17) is 5.26 Å². The first kappa shape index (κ1) is 13.8. The molecule has 0 heterocycles. The molecule has 2 aromatic carbocycles. The molecule has 0 radical (unpaired) electrons. The van der Waals surface area contributed by atoms with Crippen LogP contribution in [0.5, 0.6) is 0 Å². The molecule has 0 bridgehead atoms. The Morgan fingerprint density at radius 1 is 1.10 bits per heavy atom. The second kappa shape index (κ2) is 6.48. The predicted molar refractivity (Wildman–Crippen MR) is 73.2 cm³/mol. The third-order valence-electron chi connectivity index (χ3n) is 2.87. The number of nitriles is 1. The smallest absolute Gasteiger partial charge is 0.257 e. The van der Waals surface area contributed by atoms with Crippen LogP contribution in [0.1, 0.15) is 15.9 Å². The Bertz CT molecular complexity index is 634. The maximum Gasteiger partial charge on any atom is 0.257 e. The molecule has 0 fully saturated rings. The maximum atomic E-state index is 13.6. The van der Waals surface area contributed by atoms with E-state index in [1.165, 1.54) is 23.1 Å². The van der Waals surface area contributed by atoms with Crippen LogP contribution in [0.4, 0.5) is 4.39 Å². The molecule has 2 rings (SSSR count). The van der Waals surface area contributed by atoms with E-state index < -0.39 is 11.7 Å². The van der Waals surface area contributed by atoms with Gasteiger partial charge in [-0.25, -0.2) is 4.39 Å². The zero-order chi connectivity index (χ0) is 14.4. The highest BCUT2D eigenvalue weighted by molar-refractivity contribution is 5.94. The average molecular weight is 268 g/mol. The highest BCUT2D eigenvalue weighted by Gasteiger charge is 2.18. The lowest BCUT2D eigenvalue weighted by Gasteiger charge is -2.20. The molecule has 0 spiro atoms. The molecule has 0 aliphatic rings. The van der Waals surface area contributed by atoms with Gasteiger partial charge >= 0.3 is 0 Å². The quantitative estimate of drug-likeness (QED) is 0.800. The van der Waals surface area contributed by atoms with Crippen molar-refractivity contribution < 1.29 is 9.18 Å². The van der Waals surface area contributed by atoms with Crippen molar-refractivity contribution in [2.45, 2.75) is 6.54 Å². The highest BCUT2D eigenvalue weighted by Crippen LogP contribution is 2.12. The Balaban J connectivity index is 2.23. The summed E-state index contributed by atoms with van der Waals surface area (Å²) in [5.41, 5.74) is 0.881. The molecule has 3 nitrogen and oxygen atoms in total. The fourth-order valence-electron chi connectivity index (χ4n) is 1.89. The Kier molecular flexibility index (Phi) is 4.46. The molecule has 2 aromatic rings. The van der Waals surface area contributed by atoms with Crippen LogP contribution in [0.2, 0.25) is 0 Å². The van der Waals surface area contributed by atoms with Gasteiger partial charge in [0.05, 0.1) is 11.6 Å². The van der Waals surface area contributed by atoms with Crippen molar-refractivity contribution in [1.82, 2.24) is 4.90 Å². The van der Waals surface area contributed by atoms with Gasteiger partial charge in [0.15, 0.2) is 0 Å². The molecule has 0 aliphatic carbocycles. The molecule has 0 saturated heterocycles. The number of hydrogen-bond donors (Lipinski definition) is 0. The number of hydrogen-bond acceptors (Lipinski definition) is 2. The molecule has 0 aliphatic heterocycles. The van der Waals surface area contributed by atoms with Gasteiger partial charge in [-0.05, 0) is 17.7 Å². The van der Waals surface area contributed by atoms with E-state index in [1.54, 1.807) is 6.07 Å². The summed E-state index contributed by atoms with van der Waals surface area (Å²) in [6.07, 6.45) is 0. The van der Waals surface area contributed by atoms with E-state index in [0.29, 0.717) is 0 Å². The van der Waals surface area contributed by atoms with Crippen LogP contribution in [0, 0.1) is 17.1 Å². The summed E-state index contributed by atoms with van der Waals surface area (Å²) in [5.74, 6) is -1.05. The standard InChI is InChI=1S/C16H13FN2O/c17-15-9-5-4-8-14(15)16(20)19(11-10-18)12-13-6-2-1-3-7-13/h1-9H,11-12H2. The maximum absolute atomic E-state index is 13.6. The third kappa shape index (κ3) is 3.21. The van der Waals surface area contributed by atoms with E-state index in [0.717, 1.165) is 5.56 Å². The molecule has 0 saturated carbocycles. The number of carbonyl (C=O) groups is 1. The number of carbonyl (C=O) groups excluding carboxylic acids is 1. The van der Waals surface area contributed by atoms with Gasteiger partial charge in [0.1, 0.15) is 12.4 Å². The summed E-state index contributed by atoms with van der Waals surface area (Å²) in [7, 11) is 0. The van der Waals surface area contributed by atoms with E-state index in [9.17, 15) is 9.18 Å². The minimum absolute atomic E-state index is 0.0151. The predicted octanol–water partition coefficient (Wildman–Crippen LogP) is 2.99. The molecule has 4 heteroatoms. The van der Waals surface area contributed by atoms with Gasteiger partial charge in [-0.15, -0.1) is 0 Å². The fraction of sp³-hybridized carbons (Fsp3) is 0.125. The topological polar surface area (TPSA) is 44.1 Å². The van der Waals surface area contributed by atoms with Gasteiger partial charge in [-0.2, -0.15) is 5.26 Å². The van der Waals surface area contributed by atoms with E-state index in [1.807, 2.05) is 36.4 Å². The minimum atomic E-state index is -0.575. The van der Waals surface area contributed by atoms with Crippen molar-refractivity contribution in [2.24, 2.45) is 0 Å². The lowest BCUT2D eigenvalue weighted by atomic mass is 10.1. The van der Waals surface area contributed by atoms with Crippen molar-refractivity contribution in [2.75, 3.05) is 6.54 Å². The molecule has 0 aromatic heterocycles.